The topological polar surface area (TPSA) is 55.7 Å². The summed E-state index contributed by atoms with van der Waals surface area (Å²) in [5, 5.41) is 23.2. The standard InChI is InChI=1S/C14H20N2O2/c1-16-12-5-6-15-7-10(12)11(8-17)9-3-2-4-13(18)14(9)16/h2-4,10-12,15,17-18H,5-8H2,1H3. The first-order valence-corrected chi connectivity index (χ1v) is 6.60. The number of phenols is 1. The van der Waals surface area contributed by atoms with Crippen molar-refractivity contribution in [1.29, 1.82) is 0 Å². The molecule has 2 aliphatic rings. The molecule has 0 radical (unpaired) electrons. The third-order valence-corrected chi connectivity index (χ3v) is 4.50. The third-order valence-electron chi connectivity index (χ3n) is 4.50. The first-order valence-electron chi connectivity index (χ1n) is 6.60. The molecule has 0 amide bonds. The van der Waals surface area contributed by atoms with E-state index >= 15 is 0 Å². The summed E-state index contributed by atoms with van der Waals surface area (Å²) >= 11 is 0. The normalized spacial score (nSPS) is 30.8. The van der Waals surface area contributed by atoms with Gasteiger partial charge >= 0.3 is 0 Å². The van der Waals surface area contributed by atoms with Crippen molar-refractivity contribution in [3.63, 3.8) is 0 Å². The molecule has 1 aromatic rings. The first kappa shape index (κ1) is 11.8. The number of piperidine rings is 1. The zero-order valence-corrected chi connectivity index (χ0v) is 10.6. The van der Waals surface area contributed by atoms with E-state index < -0.39 is 0 Å². The Balaban J connectivity index is 2.11. The Morgan fingerprint density at radius 2 is 2.28 bits per heavy atom. The summed E-state index contributed by atoms with van der Waals surface area (Å²) in [5.74, 6) is 0.870. The van der Waals surface area contributed by atoms with Crippen LogP contribution in [-0.4, -0.2) is 43.0 Å². The molecule has 98 valence electrons. The van der Waals surface area contributed by atoms with Crippen LogP contribution in [0.3, 0.4) is 0 Å². The molecule has 3 N–H and O–H groups in total. The average Bonchev–Trinajstić information content (AvgIpc) is 2.39. The third kappa shape index (κ3) is 1.60. The molecule has 3 atom stereocenters. The van der Waals surface area contributed by atoms with Gasteiger partial charge in [-0.2, -0.15) is 0 Å². The number of nitrogens with one attached hydrogen (secondary N) is 1. The molecule has 0 spiro atoms. The van der Waals surface area contributed by atoms with Gasteiger partial charge in [-0.3, -0.25) is 0 Å². The molecule has 0 aliphatic carbocycles. The van der Waals surface area contributed by atoms with Gasteiger partial charge in [-0.15, -0.1) is 0 Å². The van der Waals surface area contributed by atoms with Crippen LogP contribution < -0.4 is 10.2 Å². The Hall–Kier alpha value is -1.26. The summed E-state index contributed by atoms with van der Waals surface area (Å²) in [6.45, 7) is 2.09. The summed E-state index contributed by atoms with van der Waals surface area (Å²) in [7, 11) is 2.05. The van der Waals surface area contributed by atoms with Gasteiger partial charge in [0.25, 0.3) is 0 Å². The van der Waals surface area contributed by atoms with Crippen LogP contribution in [0, 0.1) is 5.92 Å². The second kappa shape index (κ2) is 4.44. The Morgan fingerprint density at radius 1 is 1.44 bits per heavy atom. The number of benzene rings is 1. The summed E-state index contributed by atoms with van der Waals surface area (Å²) in [4.78, 5) is 2.20. The molecule has 3 unspecified atom stereocenters. The van der Waals surface area contributed by atoms with E-state index in [1.54, 1.807) is 6.07 Å². The fourth-order valence-corrected chi connectivity index (χ4v) is 3.62. The molecule has 3 rings (SSSR count). The largest absolute Gasteiger partial charge is 0.506 e. The molecule has 0 bridgehead atoms. The van der Waals surface area contributed by atoms with Crippen LogP contribution >= 0.6 is 0 Å². The van der Waals surface area contributed by atoms with Crippen molar-refractivity contribution in [2.24, 2.45) is 5.92 Å². The highest BCUT2D eigenvalue weighted by Gasteiger charge is 2.41. The summed E-state index contributed by atoms with van der Waals surface area (Å²) in [6.07, 6.45) is 1.06. The lowest BCUT2D eigenvalue weighted by Gasteiger charge is -2.48. The van der Waals surface area contributed by atoms with E-state index in [2.05, 4.69) is 17.3 Å². The first-order chi connectivity index (χ1) is 8.74. The van der Waals surface area contributed by atoms with E-state index in [4.69, 9.17) is 0 Å². The molecule has 1 fully saturated rings. The van der Waals surface area contributed by atoms with E-state index in [1.165, 1.54) is 0 Å². The van der Waals surface area contributed by atoms with Gasteiger partial charge in [-0.1, -0.05) is 12.1 Å². The lowest BCUT2D eigenvalue weighted by atomic mass is 9.74. The Kier molecular flexibility index (Phi) is 2.92. The number of phenolic OH excluding ortho intramolecular Hbond substituents is 1. The second-order valence-corrected chi connectivity index (χ2v) is 5.34. The number of aliphatic hydroxyl groups is 1. The van der Waals surface area contributed by atoms with Gasteiger partial charge in [0.15, 0.2) is 0 Å². The lowest BCUT2D eigenvalue weighted by molar-refractivity contribution is 0.177. The maximum Gasteiger partial charge on any atom is 0.139 e. The highest BCUT2D eigenvalue weighted by Crippen LogP contribution is 2.46. The number of fused-ring (bicyclic) bond motifs is 2. The molecule has 2 heterocycles. The predicted octanol–water partition coefficient (Wildman–Crippen LogP) is 0.896. The second-order valence-electron chi connectivity index (χ2n) is 5.34. The minimum absolute atomic E-state index is 0.126. The number of rotatable bonds is 1. The lowest BCUT2D eigenvalue weighted by Crippen LogP contribution is -2.54. The number of anilines is 1. The molecule has 0 aromatic heterocycles. The Labute approximate surface area is 107 Å². The van der Waals surface area contributed by atoms with E-state index in [1.807, 2.05) is 12.1 Å². The molecule has 0 saturated carbocycles. The Morgan fingerprint density at radius 3 is 3.06 bits per heavy atom. The van der Waals surface area contributed by atoms with E-state index in [0.717, 1.165) is 30.8 Å². The molecule has 4 heteroatoms. The van der Waals surface area contributed by atoms with Crippen molar-refractivity contribution in [1.82, 2.24) is 5.32 Å². The fourth-order valence-electron chi connectivity index (χ4n) is 3.62. The number of hydrogen-bond donors (Lipinski definition) is 3. The average molecular weight is 248 g/mol. The van der Waals surface area contributed by atoms with Crippen LogP contribution in [0.25, 0.3) is 0 Å². The number of hydrogen-bond acceptors (Lipinski definition) is 4. The van der Waals surface area contributed by atoms with Crippen LogP contribution in [-0.2, 0) is 0 Å². The maximum absolute atomic E-state index is 10.1. The fraction of sp³-hybridized carbons (Fsp3) is 0.571. The van der Waals surface area contributed by atoms with Gasteiger partial charge in [0.05, 0.1) is 12.3 Å². The number of para-hydroxylation sites is 1. The van der Waals surface area contributed by atoms with Gasteiger partial charge in [-0.05, 0) is 24.6 Å². The van der Waals surface area contributed by atoms with Crippen LogP contribution in [0.15, 0.2) is 18.2 Å². The van der Waals surface area contributed by atoms with E-state index in [0.29, 0.717) is 17.7 Å². The molecular formula is C14H20N2O2. The van der Waals surface area contributed by atoms with Crippen molar-refractivity contribution in [2.45, 2.75) is 18.4 Å². The monoisotopic (exact) mass is 248 g/mol. The van der Waals surface area contributed by atoms with Crippen LogP contribution in [0.4, 0.5) is 5.69 Å². The van der Waals surface area contributed by atoms with Gasteiger partial charge in [0.1, 0.15) is 5.75 Å². The van der Waals surface area contributed by atoms with Crippen LogP contribution in [0.1, 0.15) is 17.9 Å². The zero-order valence-electron chi connectivity index (χ0n) is 10.6. The summed E-state index contributed by atoms with van der Waals surface area (Å²) in [6, 6.07) is 6.02. The minimum Gasteiger partial charge on any atom is -0.506 e. The predicted molar refractivity (Wildman–Crippen MR) is 71.1 cm³/mol. The highest BCUT2D eigenvalue weighted by atomic mass is 16.3. The maximum atomic E-state index is 10.1. The molecular weight excluding hydrogens is 228 g/mol. The van der Waals surface area contributed by atoms with Crippen LogP contribution in [0.5, 0.6) is 5.75 Å². The van der Waals surface area contributed by atoms with Gasteiger partial charge in [-0.25, -0.2) is 0 Å². The van der Waals surface area contributed by atoms with E-state index in [-0.39, 0.29) is 12.5 Å². The zero-order chi connectivity index (χ0) is 12.7. The Bertz CT molecular complexity index is 449. The van der Waals surface area contributed by atoms with Gasteiger partial charge < -0.3 is 20.4 Å². The van der Waals surface area contributed by atoms with Crippen molar-refractivity contribution in [2.75, 3.05) is 31.6 Å². The SMILES string of the molecule is CN1c2c(O)cccc2C(CO)C2CNCCC21. The van der Waals surface area contributed by atoms with E-state index in [9.17, 15) is 10.2 Å². The quantitative estimate of drug-likeness (QED) is 0.691. The molecule has 4 nitrogen and oxygen atoms in total. The van der Waals surface area contributed by atoms with Crippen molar-refractivity contribution >= 4 is 5.69 Å². The van der Waals surface area contributed by atoms with Crippen molar-refractivity contribution in [3.05, 3.63) is 23.8 Å². The van der Waals surface area contributed by atoms with Gasteiger partial charge in [0, 0.05) is 31.5 Å². The summed E-state index contributed by atoms with van der Waals surface area (Å²) < 4.78 is 0. The number of aliphatic hydroxyl groups excluding tert-OH is 1. The smallest absolute Gasteiger partial charge is 0.139 e. The number of nitrogens with zero attached hydrogens (tertiary/aromatic N) is 1. The van der Waals surface area contributed by atoms with Crippen molar-refractivity contribution in [3.8, 4) is 5.75 Å². The molecule has 1 saturated heterocycles. The molecule has 1 aromatic carbocycles. The highest BCUT2D eigenvalue weighted by molar-refractivity contribution is 5.66. The minimum atomic E-state index is 0.126. The molecule has 18 heavy (non-hydrogen) atoms. The molecule has 2 aliphatic heterocycles. The number of aromatic hydroxyl groups is 1. The summed E-state index contributed by atoms with van der Waals surface area (Å²) in [5.41, 5.74) is 1.98. The van der Waals surface area contributed by atoms with Gasteiger partial charge in [0.2, 0.25) is 0 Å². The van der Waals surface area contributed by atoms with Crippen molar-refractivity contribution < 1.29 is 10.2 Å². The van der Waals surface area contributed by atoms with Crippen LogP contribution in [0.2, 0.25) is 0 Å².